The summed E-state index contributed by atoms with van der Waals surface area (Å²) in [5.74, 6) is 0.264. The monoisotopic (exact) mass is 300 g/mol. The second-order valence-electron chi connectivity index (χ2n) is 6.10. The summed E-state index contributed by atoms with van der Waals surface area (Å²) in [4.78, 5) is 14.6. The van der Waals surface area contributed by atoms with Gasteiger partial charge in [0.1, 0.15) is 0 Å². The molecule has 2 aromatic rings. The van der Waals surface area contributed by atoms with Crippen LogP contribution >= 0.6 is 0 Å². The fraction of sp³-hybridized carbons (Fsp3) is 0.529. The van der Waals surface area contributed by atoms with Crippen molar-refractivity contribution in [3.63, 3.8) is 0 Å². The van der Waals surface area contributed by atoms with Crippen LogP contribution < -0.4 is 5.32 Å². The molecule has 1 atom stereocenters. The molecule has 1 aliphatic heterocycles. The molecule has 1 N–H and O–H groups in total. The molecule has 118 valence electrons. The number of aryl methyl sites for hydroxylation is 1. The quantitative estimate of drug-likeness (QED) is 0.940. The zero-order chi connectivity index (χ0) is 15.5. The van der Waals surface area contributed by atoms with Gasteiger partial charge in [0.2, 0.25) is 5.91 Å². The van der Waals surface area contributed by atoms with Gasteiger partial charge < -0.3 is 10.2 Å². The lowest BCUT2D eigenvalue weighted by molar-refractivity contribution is -0.126. The molecule has 1 aromatic carbocycles. The van der Waals surface area contributed by atoms with Crippen LogP contribution in [-0.4, -0.2) is 40.7 Å². The fourth-order valence-corrected chi connectivity index (χ4v) is 3.26. The van der Waals surface area contributed by atoms with Crippen LogP contribution in [-0.2, 0) is 17.9 Å². The van der Waals surface area contributed by atoms with E-state index < -0.39 is 0 Å². The molecule has 0 bridgehead atoms. The van der Waals surface area contributed by atoms with Crippen molar-refractivity contribution >= 4 is 16.8 Å². The van der Waals surface area contributed by atoms with Crippen molar-refractivity contribution in [1.29, 1.82) is 0 Å². The molecule has 0 saturated carbocycles. The number of para-hydroxylation sites is 1. The summed E-state index contributed by atoms with van der Waals surface area (Å²) in [6.45, 7) is 5.37. The Morgan fingerprint density at radius 1 is 1.41 bits per heavy atom. The van der Waals surface area contributed by atoms with Gasteiger partial charge >= 0.3 is 0 Å². The highest BCUT2D eigenvalue weighted by Crippen LogP contribution is 2.19. The molecule has 1 fully saturated rings. The second kappa shape index (κ2) is 6.48. The Balaban J connectivity index is 1.70. The van der Waals surface area contributed by atoms with Gasteiger partial charge in [-0.05, 0) is 39.4 Å². The van der Waals surface area contributed by atoms with Crippen molar-refractivity contribution in [2.24, 2.45) is 5.92 Å². The zero-order valence-electron chi connectivity index (χ0n) is 13.4. The third-order valence-corrected chi connectivity index (χ3v) is 4.46. The maximum atomic E-state index is 12.4. The van der Waals surface area contributed by atoms with E-state index in [1.165, 1.54) is 0 Å². The summed E-state index contributed by atoms with van der Waals surface area (Å²) >= 11 is 0. The van der Waals surface area contributed by atoms with E-state index in [1.807, 2.05) is 16.8 Å². The predicted molar refractivity (Wildman–Crippen MR) is 87.5 cm³/mol. The molecule has 5 heteroatoms. The molecule has 2 heterocycles. The van der Waals surface area contributed by atoms with E-state index >= 15 is 0 Å². The first-order valence-corrected chi connectivity index (χ1v) is 8.09. The van der Waals surface area contributed by atoms with Crippen molar-refractivity contribution in [1.82, 2.24) is 20.0 Å². The average molecular weight is 300 g/mol. The number of benzene rings is 1. The van der Waals surface area contributed by atoms with E-state index in [9.17, 15) is 4.79 Å². The minimum Gasteiger partial charge on any atom is -0.350 e. The number of hydrogen-bond donors (Lipinski definition) is 1. The highest BCUT2D eigenvalue weighted by atomic mass is 16.1. The number of piperidine rings is 1. The summed E-state index contributed by atoms with van der Waals surface area (Å²) in [5, 5.41) is 8.84. The molecular formula is C17H24N4O. The number of fused-ring (bicyclic) bond motifs is 1. The van der Waals surface area contributed by atoms with E-state index in [2.05, 4.69) is 41.4 Å². The Labute approximate surface area is 131 Å². The standard InChI is InChI=1S/C17H24N4O/c1-3-21-16-9-5-4-8-14(16)15(19-21)11-18-17(22)13-7-6-10-20(2)12-13/h4-5,8-9,13H,3,6-7,10-12H2,1-2H3,(H,18,22)/t13-/m1/s1. The third-order valence-electron chi connectivity index (χ3n) is 4.46. The predicted octanol–water partition coefficient (Wildman–Crippen LogP) is 2.01. The van der Waals surface area contributed by atoms with E-state index in [0.717, 1.165) is 49.1 Å². The number of nitrogens with zero attached hydrogens (tertiary/aromatic N) is 3. The summed E-state index contributed by atoms with van der Waals surface area (Å²) < 4.78 is 1.99. The van der Waals surface area contributed by atoms with E-state index in [1.54, 1.807) is 0 Å². The fourth-order valence-electron chi connectivity index (χ4n) is 3.26. The Morgan fingerprint density at radius 2 is 2.23 bits per heavy atom. The summed E-state index contributed by atoms with van der Waals surface area (Å²) in [5.41, 5.74) is 2.08. The molecule has 22 heavy (non-hydrogen) atoms. The number of rotatable bonds is 4. The number of carbonyl (C=O) groups excluding carboxylic acids is 1. The highest BCUT2D eigenvalue weighted by Gasteiger charge is 2.24. The first-order chi connectivity index (χ1) is 10.7. The van der Waals surface area contributed by atoms with Gasteiger partial charge in [0, 0.05) is 18.5 Å². The maximum absolute atomic E-state index is 12.4. The molecule has 0 aliphatic carbocycles. The van der Waals surface area contributed by atoms with Gasteiger partial charge in [-0.25, -0.2) is 0 Å². The van der Waals surface area contributed by atoms with Gasteiger partial charge in [-0.2, -0.15) is 5.10 Å². The number of nitrogens with one attached hydrogen (secondary N) is 1. The molecule has 1 saturated heterocycles. The highest BCUT2D eigenvalue weighted by molar-refractivity contribution is 5.83. The molecule has 0 spiro atoms. The molecule has 0 unspecified atom stereocenters. The first kappa shape index (κ1) is 15.0. The molecule has 5 nitrogen and oxygen atoms in total. The van der Waals surface area contributed by atoms with Gasteiger partial charge in [0.05, 0.1) is 23.7 Å². The van der Waals surface area contributed by atoms with Gasteiger partial charge in [0.15, 0.2) is 0 Å². The lowest BCUT2D eigenvalue weighted by atomic mass is 9.97. The lowest BCUT2D eigenvalue weighted by Gasteiger charge is -2.28. The molecule has 1 aliphatic rings. The molecule has 1 aromatic heterocycles. The van der Waals surface area contributed by atoms with E-state index in [0.29, 0.717) is 6.54 Å². The smallest absolute Gasteiger partial charge is 0.224 e. The number of likely N-dealkylation sites (tertiary alicyclic amines) is 1. The first-order valence-electron chi connectivity index (χ1n) is 8.09. The minimum absolute atomic E-state index is 0.110. The van der Waals surface area contributed by atoms with Crippen LogP contribution in [0, 0.1) is 5.92 Å². The van der Waals surface area contributed by atoms with Crippen molar-refractivity contribution in [2.75, 3.05) is 20.1 Å². The lowest BCUT2D eigenvalue weighted by Crippen LogP contribution is -2.41. The number of carbonyl (C=O) groups is 1. The Hall–Kier alpha value is -1.88. The SMILES string of the molecule is CCn1nc(CNC(=O)[C@@H]2CCCN(C)C2)c2ccccc21. The minimum atomic E-state index is 0.110. The Morgan fingerprint density at radius 3 is 3.00 bits per heavy atom. The number of hydrogen-bond acceptors (Lipinski definition) is 3. The van der Waals surface area contributed by atoms with Gasteiger partial charge in [-0.1, -0.05) is 18.2 Å². The average Bonchev–Trinajstić information content (AvgIpc) is 2.91. The normalized spacial score (nSPS) is 19.5. The van der Waals surface area contributed by atoms with Crippen LogP contribution in [0.2, 0.25) is 0 Å². The van der Waals surface area contributed by atoms with E-state index in [4.69, 9.17) is 0 Å². The van der Waals surface area contributed by atoms with E-state index in [-0.39, 0.29) is 11.8 Å². The van der Waals surface area contributed by atoms with Crippen LogP contribution in [0.4, 0.5) is 0 Å². The molecule has 3 rings (SSSR count). The third kappa shape index (κ3) is 2.99. The number of aromatic nitrogens is 2. The topological polar surface area (TPSA) is 50.2 Å². The van der Waals surface area contributed by atoms with Crippen LogP contribution in [0.25, 0.3) is 10.9 Å². The summed E-state index contributed by atoms with van der Waals surface area (Å²) in [6.07, 6.45) is 2.09. The summed E-state index contributed by atoms with van der Waals surface area (Å²) in [6, 6.07) is 8.19. The van der Waals surface area contributed by atoms with Crippen LogP contribution in [0.3, 0.4) is 0 Å². The van der Waals surface area contributed by atoms with Crippen molar-refractivity contribution in [2.45, 2.75) is 32.9 Å². The van der Waals surface area contributed by atoms with Crippen LogP contribution in [0.5, 0.6) is 0 Å². The van der Waals surface area contributed by atoms with Crippen molar-refractivity contribution < 1.29 is 4.79 Å². The van der Waals surface area contributed by atoms with Crippen LogP contribution in [0.1, 0.15) is 25.5 Å². The molecule has 1 amide bonds. The van der Waals surface area contributed by atoms with Gasteiger partial charge in [-0.15, -0.1) is 0 Å². The Kier molecular flexibility index (Phi) is 4.43. The molecule has 0 radical (unpaired) electrons. The summed E-state index contributed by atoms with van der Waals surface area (Å²) in [7, 11) is 2.08. The van der Waals surface area contributed by atoms with Crippen molar-refractivity contribution in [3.8, 4) is 0 Å². The maximum Gasteiger partial charge on any atom is 0.224 e. The van der Waals surface area contributed by atoms with Gasteiger partial charge in [-0.3, -0.25) is 9.48 Å². The number of amides is 1. The van der Waals surface area contributed by atoms with Crippen LogP contribution in [0.15, 0.2) is 24.3 Å². The van der Waals surface area contributed by atoms with Crippen molar-refractivity contribution in [3.05, 3.63) is 30.0 Å². The largest absolute Gasteiger partial charge is 0.350 e. The Bertz CT molecular complexity index is 664. The zero-order valence-corrected chi connectivity index (χ0v) is 13.4. The molecular weight excluding hydrogens is 276 g/mol. The second-order valence-corrected chi connectivity index (χ2v) is 6.10. The van der Waals surface area contributed by atoms with Gasteiger partial charge in [0.25, 0.3) is 0 Å².